The van der Waals surface area contributed by atoms with Crippen LogP contribution in [0.1, 0.15) is 90.9 Å². The number of aromatic nitrogens is 2. The fraction of sp³-hybridized carbons (Fsp3) is 0.792. The van der Waals surface area contributed by atoms with Crippen molar-refractivity contribution in [1.82, 2.24) is 14.4 Å². The number of aryl methyl sites for hydroxylation is 2. The molecule has 0 aromatic carbocycles. The molecule has 0 bridgehead atoms. The van der Waals surface area contributed by atoms with E-state index < -0.39 is 7.81 Å². The predicted molar refractivity (Wildman–Crippen MR) is 134 cm³/mol. The van der Waals surface area contributed by atoms with Gasteiger partial charge in [0.2, 0.25) is 6.33 Å². The van der Waals surface area contributed by atoms with Gasteiger partial charge in [-0.15, -0.1) is 0 Å². The molecule has 0 aliphatic carbocycles. The normalized spacial score (nSPS) is 15.1. The molecule has 1 aliphatic rings. The summed E-state index contributed by atoms with van der Waals surface area (Å²) in [5.74, 6) is 0. The van der Waals surface area contributed by atoms with Gasteiger partial charge in [-0.3, -0.25) is 0 Å². The first-order valence-electron chi connectivity index (χ1n) is 12.8. The van der Waals surface area contributed by atoms with Crippen molar-refractivity contribution >= 4 is 7.81 Å². The van der Waals surface area contributed by atoms with E-state index in [-0.39, 0.29) is 0 Å². The average molecular weight is 537 g/mol. The van der Waals surface area contributed by atoms with Gasteiger partial charge >= 0.3 is 33.0 Å². The van der Waals surface area contributed by atoms with E-state index in [0.29, 0.717) is 0 Å². The zero-order valence-corrected chi connectivity index (χ0v) is 22.9. The quantitative estimate of drug-likeness (QED) is 0.102. The van der Waals surface area contributed by atoms with Gasteiger partial charge in [-0.1, -0.05) is 71.1 Å². The number of halogens is 6. The number of hydrogen-bond acceptors (Lipinski definition) is 2. The van der Waals surface area contributed by atoms with Crippen molar-refractivity contribution in [3.8, 4) is 0 Å². The molecule has 0 saturated heterocycles. The Morgan fingerprint density at radius 2 is 1.20 bits per heavy atom. The zero-order valence-electron chi connectivity index (χ0n) is 22.0. The number of unbranched alkanes of at least 4 members (excludes halogenated alkanes) is 11. The molecule has 2 heterocycles. The number of imidazole rings is 1. The van der Waals surface area contributed by atoms with Crippen LogP contribution in [0.2, 0.25) is 0 Å². The molecule has 0 fully saturated rings. The molecule has 1 aromatic heterocycles. The van der Waals surface area contributed by atoms with Crippen molar-refractivity contribution in [2.45, 2.75) is 97.4 Å². The van der Waals surface area contributed by atoms with Gasteiger partial charge in [0.1, 0.15) is 12.4 Å². The van der Waals surface area contributed by atoms with Crippen LogP contribution in [0.25, 0.3) is 0 Å². The molecule has 0 N–H and O–H groups in total. The second-order valence-electron chi connectivity index (χ2n) is 9.27. The van der Waals surface area contributed by atoms with Crippen LogP contribution in [0.4, 0.5) is 25.2 Å². The summed E-state index contributed by atoms with van der Waals surface area (Å²) in [6, 6.07) is 0. The average Bonchev–Trinajstić information content (AvgIpc) is 3.34. The van der Waals surface area contributed by atoms with Crippen LogP contribution in [0.15, 0.2) is 31.1 Å². The van der Waals surface area contributed by atoms with Crippen molar-refractivity contribution in [1.29, 1.82) is 0 Å². The van der Waals surface area contributed by atoms with E-state index in [2.05, 4.69) is 78.0 Å². The topological polar surface area (TPSA) is 15.3 Å². The summed E-state index contributed by atoms with van der Waals surface area (Å²) in [6.45, 7) is 7.79. The van der Waals surface area contributed by atoms with Crippen LogP contribution in [0.3, 0.4) is 0 Å². The first-order chi connectivity index (χ1) is 16.1. The van der Waals surface area contributed by atoms with Gasteiger partial charge in [0.05, 0.1) is 20.3 Å². The van der Waals surface area contributed by atoms with Gasteiger partial charge < -0.3 is 9.80 Å². The Labute approximate surface area is 208 Å². The third-order valence-corrected chi connectivity index (χ3v) is 5.44. The molecule has 0 atom stereocenters. The van der Waals surface area contributed by atoms with Gasteiger partial charge in [-0.25, -0.2) is 9.13 Å². The molecule has 4 nitrogen and oxygen atoms in total. The summed E-state index contributed by atoms with van der Waals surface area (Å²) < 4.78 is 63.6. The summed E-state index contributed by atoms with van der Waals surface area (Å²) in [5.41, 5.74) is 0. The molecule has 11 heteroatoms. The number of nitrogens with zero attached hydrogens (tertiary/aromatic N) is 4. The summed E-state index contributed by atoms with van der Waals surface area (Å²) >= 11 is 0. The molecule has 210 valence electrons. The van der Waals surface area contributed by atoms with E-state index in [1.807, 2.05) is 0 Å². The van der Waals surface area contributed by atoms with Crippen LogP contribution in [0.5, 0.6) is 0 Å². The Hall–Kier alpha value is -1.44. The van der Waals surface area contributed by atoms with Gasteiger partial charge in [0, 0.05) is 26.0 Å². The Balaban J connectivity index is 0.000000627. The summed E-state index contributed by atoms with van der Waals surface area (Å²) in [7, 11) is -6.50. The zero-order chi connectivity index (χ0) is 26.9. The third kappa shape index (κ3) is 28.7. The second-order valence-corrected chi connectivity index (χ2v) is 11.2. The fourth-order valence-electron chi connectivity index (χ4n) is 3.56. The number of hydrogen-bond donors (Lipinski definition) is 0. The first kappa shape index (κ1) is 33.6. The third-order valence-electron chi connectivity index (χ3n) is 5.44. The van der Waals surface area contributed by atoms with E-state index >= 15 is 0 Å². The summed E-state index contributed by atoms with van der Waals surface area (Å²) in [5, 5.41) is 0. The van der Waals surface area contributed by atoms with E-state index in [0.717, 1.165) is 13.2 Å². The van der Waals surface area contributed by atoms with Gasteiger partial charge in [-0.05, 0) is 19.8 Å². The minimum absolute atomic E-state index is 1.05. The predicted octanol–water partition coefficient (Wildman–Crippen LogP) is 9.08. The van der Waals surface area contributed by atoms with Gasteiger partial charge in [0.25, 0.3) is 0 Å². The molecular weight excluding hydrogens is 489 g/mol. The SMILES string of the molecule is CCCCCCCCCCCCCCn1cc[n+](C)c1.CCN1C=CN(C)C1.F[P-](F)(F)(F)(F)F. The van der Waals surface area contributed by atoms with E-state index in [1.165, 1.54) is 83.6 Å². The fourth-order valence-corrected chi connectivity index (χ4v) is 3.56. The van der Waals surface area contributed by atoms with Crippen LogP contribution >= 0.6 is 7.81 Å². The molecule has 0 unspecified atom stereocenters. The summed E-state index contributed by atoms with van der Waals surface area (Å²) in [6.07, 6.45) is 27.7. The summed E-state index contributed by atoms with van der Waals surface area (Å²) in [4.78, 5) is 4.41. The van der Waals surface area contributed by atoms with Crippen molar-refractivity contribution in [2.24, 2.45) is 7.05 Å². The number of rotatable bonds is 14. The molecule has 2 rings (SSSR count). The van der Waals surface area contributed by atoms with Crippen molar-refractivity contribution in [3.05, 3.63) is 31.1 Å². The Kier molecular flexibility index (Phi) is 15.0. The molecule has 35 heavy (non-hydrogen) atoms. The van der Waals surface area contributed by atoms with Gasteiger partial charge in [-0.2, -0.15) is 0 Å². The molecule has 0 saturated carbocycles. The van der Waals surface area contributed by atoms with Crippen molar-refractivity contribution in [3.63, 3.8) is 0 Å². The maximum atomic E-state index is 9.87. The molecule has 0 radical (unpaired) electrons. The van der Waals surface area contributed by atoms with Crippen LogP contribution in [0, 0.1) is 0 Å². The molecule has 0 spiro atoms. The minimum atomic E-state index is -10.7. The first-order valence-corrected chi connectivity index (χ1v) is 14.8. The van der Waals surface area contributed by atoms with Gasteiger partial charge in [0.15, 0.2) is 0 Å². The van der Waals surface area contributed by atoms with Crippen molar-refractivity contribution in [2.75, 3.05) is 20.3 Å². The maximum absolute atomic E-state index is 10.7. The van der Waals surface area contributed by atoms with E-state index in [1.54, 1.807) is 0 Å². The van der Waals surface area contributed by atoms with Crippen molar-refractivity contribution < 1.29 is 29.7 Å². The molecule has 1 aromatic rings. The Bertz CT molecular complexity index is 680. The second kappa shape index (κ2) is 15.6. The van der Waals surface area contributed by atoms with E-state index in [9.17, 15) is 25.2 Å². The van der Waals surface area contributed by atoms with Crippen LogP contribution < -0.4 is 4.57 Å². The molecule has 0 amide bonds. The van der Waals surface area contributed by atoms with Crippen LogP contribution in [-0.4, -0.2) is 34.6 Å². The Morgan fingerprint density at radius 3 is 1.51 bits per heavy atom. The monoisotopic (exact) mass is 536 g/mol. The molecular formula is C24H47F6N4P. The standard InChI is InChI=1S/C18H35N2.C6H12N2.F6P/c1-3-4-5-6-7-8-9-10-11-12-13-14-15-20-17-16-19(2)18-20;1-3-8-5-4-7(2)6-8;1-7(2,3,4,5)6/h16-18H,3-15H2,1-2H3;4-5H,3,6H2,1-2H3;/q+1;;-1. The van der Waals surface area contributed by atoms with E-state index in [4.69, 9.17) is 0 Å². The van der Waals surface area contributed by atoms with Crippen LogP contribution in [-0.2, 0) is 13.6 Å². The molecule has 1 aliphatic heterocycles. The Morgan fingerprint density at radius 1 is 0.743 bits per heavy atom.